The topological polar surface area (TPSA) is 149 Å². The molecule has 10 heteroatoms. The van der Waals surface area contributed by atoms with Crippen molar-refractivity contribution in [3.05, 3.63) is 39.7 Å². The third kappa shape index (κ3) is 2.70. The third-order valence-electron chi connectivity index (χ3n) is 2.36. The van der Waals surface area contributed by atoms with Gasteiger partial charge in [0.1, 0.15) is 5.69 Å². The number of carbonyl (C=O) groups is 1. The fourth-order valence-electron chi connectivity index (χ4n) is 1.46. The minimum Gasteiger partial charge on any atom is -0.318 e. The van der Waals surface area contributed by atoms with Crippen LogP contribution in [-0.2, 0) is 0 Å². The summed E-state index contributed by atoms with van der Waals surface area (Å²) in [6.07, 6.45) is 0. The van der Waals surface area contributed by atoms with Crippen LogP contribution < -0.4 is 16.6 Å². The molecule has 0 saturated carbocycles. The second-order valence-electron chi connectivity index (χ2n) is 3.73. The summed E-state index contributed by atoms with van der Waals surface area (Å²) in [6.45, 7) is 1.59. The van der Waals surface area contributed by atoms with Crippen LogP contribution in [-0.4, -0.2) is 21.0 Å². The highest BCUT2D eigenvalue weighted by Crippen LogP contribution is 2.24. The first-order chi connectivity index (χ1) is 9.51. The van der Waals surface area contributed by atoms with Gasteiger partial charge in [-0.15, -0.1) is 0 Å². The van der Waals surface area contributed by atoms with Crippen LogP contribution in [0.4, 0.5) is 17.4 Å². The number of anilines is 2. The maximum atomic E-state index is 11.9. The van der Waals surface area contributed by atoms with Gasteiger partial charge in [0.25, 0.3) is 11.6 Å². The highest BCUT2D eigenvalue weighted by atomic mass is 16.6. The lowest BCUT2D eigenvalue weighted by molar-refractivity contribution is -0.384. The number of nitrogens with two attached hydrogens (primary N) is 1. The second-order valence-corrected chi connectivity index (χ2v) is 3.73. The summed E-state index contributed by atoms with van der Waals surface area (Å²) in [5.74, 6) is 4.90. The zero-order valence-electron chi connectivity index (χ0n) is 10.3. The number of hydrazine groups is 1. The van der Waals surface area contributed by atoms with Crippen LogP contribution in [0, 0.1) is 17.0 Å². The lowest BCUT2D eigenvalue weighted by Gasteiger charge is -2.04. The Bertz CT molecular complexity index is 668. The Morgan fingerprint density at radius 1 is 1.50 bits per heavy atom. The molecule has 2 aromatic rings. The van der Waals surface area contributed by atoms with E-state index in [4.69, 9.17) is 10.4 Å². The van der Waals surface area contributed by atoms with E-state index in [-0.39, 0.29) is 23.0 Å². The molecule has 4 N–H and O–H groups in total. The van der Waals surface area contributed by atoms with Crippen molar-refractivity contribution < 1.29 is 14.2 Å². The van der Waals surface area contributed by atoms with E-state index in [1.54, 1.807) is 6.92 Å². The van der Waals surface area contributed by atoms with Gasteiger partial charge in [-0.1, -0.05) is 5.16 Å². The Morgan fingerprint density at radius 3 is 2.80 bits per heavy atom. The number of rotatable bonds is 4. The number of nitrogens with zero attached hydrogens (tertiary/aromatic N) is 3. The van der Waals surface area contributed by atoms with Crippen molar-refractivity contribution in [3.8, 4) is 0 Å². The van der Waals surface area contributed by atoms with Crippen molar-refractivity contribution in [2.24, 2.45) is 5.84 Å². The van der Waals surface area contributed by atoms with Gasteiger partial charge in [0.15, 0.2) is 5.82 Å². The van der Waals surface area contributed by atoms with Gasteiger partial charge >= 0.3 is 6.01 Å². The number of nitrogen functional groups attached to an aromatic ring is 1. The van der Waals surface area contributed by atoms with E-state index in [1.165, 1.54) is 12.1 Å². The Kier molecular flexibility index (Phi) is 3.57. The molecule has 0 aliphatic heterocycles. The molecule has 0 fully saturated rings. The summed E-state index contributed by atoms with van der Waals surface area (Å²) in [7, 11) is 0. The predicted molar refractivity (Wildman–Crippen MR) is 67.9 cm³/mol. The summed E-state index contributed by atoms with van der Waals surface area (Å²) in [5, 5.41) is 16.7. The molecule has 0 unspecified atom stereocenters. The Labute approximate surface area is 112 Å². The van der Waals surface area contributed by atoms with E-state index in [2.05, 4.69) is 20.9 Å². The number of carbonyl (C=O) groups excluding carboxylic acids is 1. The first-order valence-electron chi connectivity index (χ1n) is 5.38. The summed E-state index contributed by atoms with van der Waals surface area (Å²) in [4.78, 5) is 25.9. The van der Waals surface area contributed by atoms with Crippen molar-refractivity contribution in [2.75, 3.05) is 10.7 Å². The monoisotopic (exact) mass is 278 g/mol. The van der Waals surface area contributed by atoms with Crippen LogP contribution in [0.3, 0.4) is 0 Å². The van der Waals surface area contributed by atoms with Crippen molar-refractivity contribution in [1.82, 2.24) is 10.1 Å². The van der Waals surface area contributed by atoms with Gasteiger partial charge in [-0.25, -0.2) is 0 Å². The minimum atomic E-state index is -0.650. The first-order valence-corrected chi connectivity index (χ1v) is 5.38. The largest absolute Gasteiger partial charge is 0.328 e. The maximum absolute atomic E-state index is 11.9. The average molecular weight is 278 g/mol. The quantitative estimate of drug-likeness (QED) is 0.422. The number of hydrogen-bond donors (Lipinski definition) is 3. The number of nitrogens with one attached hydrogen (secondary N) is 2. The van der Waals surface area contributed by atoms with Crippen molar-refractivity contribution in [2.45, 2.75) is 6.92 Å². The zero-order chi connectivity index (χ0) is 14.7. The number of aryl methyl sites for hydroxylation is 1. The fourth-order valence-corrected chi connectivity index (χ4v) is 1.46. The number of hydrogen-bond acceptors (Lipinski definition) is 8. The smallest absolute Gasteiger partial charge is 0.318 e. The van der Waals surface area contributed by atoms with Crippen LogP contribution in [0.25, 0.3) is 0 Å². The van der Waals surface area contributed by atoms with Crippen LogP contribution in [0.2, 0.25) is 0 Å². The molecule has 0 radical (unpaired) electrons. The molecular formula is C10H10N6O4. The van der Waals surface area contributed by atoms with Gasteiger partial charge in [-0.2, -0.15) is 4.98 Å². The molecule has 0 bridgehead atoms. The molecule has 1 amide bonds. The van der Waals surface area contributed by atoms with Crippen molar-refractivity contribution in [1.29, 1.82) is 0 Å². The van der Waals surface area contributed by atoms with Crippen LogP contribution in [0.15, 0.2) is 22.7 Å². The van der Waals surface area contributed by atoms with Gasteiger partial charge < -0.3 is 9.95 Å². The molecule has 10 nitrogen and oxygen atoms in total. The molecule has 0 aliphatic carbocycles. The van der Waals surface area contributed by atoms with Gasteiger partial charge in [0.2, 0.25) is 0 Å². The Hall–Kier alpha value is -3.01. The highest BCUT2D eigenvalue weighted by Gasteiger charge is 2.18. The summed E-state index contributed by atoms with van der Waals surface area (Å²) >= 11 is 0. The van der Waals surface area contributed by atoms with E-state index in [0.717, 1.165) is 6.07 Å². The lowest BCUT2D eigenvalue weighted by atomic mass is 10.1. The summed E-state index contributed by atoms with van der Waals surface area (Å²) in [6, 6.07) is 3.71. The highest BCUT2D eigenvalue weighted by molar-refractivity contribution is 6.04. The van der Waals surface area contributed by atoms with Crippen LogP contribution >= 0.6 is 0 Å². The molecule has 0 saturated heterocycles. The number of amides is 1. The zero-order valence-corrected chi connectivity index (χ0v) is 10.3. The van der Waals surface area contributed by atoms with Gasteiger partial charge in [-0.3, -0.25) is 26.1 Å². The molecule has 0 atom stereocenters. The van der Waals surface area contributed by atoms with Gasteiger partial charge in [-0.05, 0) is 19.1 Å². The molecule has 0 spiro atoms. The molecule has 1 aromatic carbocycles. The third-order valence-corrected chi connectivity index (χ3v) is 2.36. The predicted octanol–water partition coefficient (Wildman–Crippen LogP) is 0.824. The number of nitro benzene ring substituents is 1. The summed E-state index contributed by atoms with van der Waals surface area (Å²) in [5.41, 5.74) is 2.02. The maximum Gasteiger partial charge on any atom is 0.328 e. The SMILES string of the molecule is Cc1noc(NC(=O)c2ccc(NN)c([N+](=O)[O-])c2)n1. The number of aromatic nitrogens is 2. The van der Waals surface area contributed by atoms with E-state index in [1.807, 2.05) is 0 Å². The molecule has 0 aliphatic rings. The number of nitro groups is 1. The number of benzene rings is 1. The second kappa shape index (κ2) is 5.32. The molecule has 1 aromatic heterocycles. The van der Waals surface area contributed by atoms with Crippen LogP contribution in [0.1, 0.15) is 16.2 Å². The minimum absolute atomic E-state index is 0.0616. The standard InChI is InChI=1S/C10H10N6O4/c1-5-12-10(20-15-5)13-9(17)6-2-3-7(14-11)8(4-6)16(18)19/h2-4,14H,11H2,1H3,(H,12,13,15,17). The average Bonchev–Trinajstić information content (AvgIpc) is 2.83. The molecular weight excluding hydrogens is 268 g/mol. The molecule has 20 heavy (non-hydrogen) atoms. The van der Waals surface area contributed by atoms with E-state index >= 15 is 0 Å². The van der Waals surface area contributed by atoms with Crippen molar-refractivity contribution in [3.63, 3.8) is 0 Å². The normalized spacial score (nSPS) is 10.1. The van der Waals surface area contributed by atoms with Crippen LogP contribution in [0.5, 0.6) is 0 Å². The summed E-state index contributed by atoms with van der Waals surface area (Å²) < 4.78 is 4.72. The Morgan fingerprint density at radius 2 is 2.25 bits per heavy atom. The van der Waals surface area contributed by atoms with E-state index in [0.29, 0.717) is 5.82 Å². The first kappa shape index (κ1) is 13.4. The van der Waals surface area contributed by atoms with Crippen molar-refractivity contribution >= 4 is 23.3 Å². The lowest BCUT2D eigenvalue weighted by Crippen LogP contribution is -2.14. The van der Waals surface area contributed by atoms with E-state index < -0.39 is 10.8 Å². The molecule has 2 rings (SSSR count). The van der Waals surface area contributed by atoms with Gasteiger partial charge in [0, 0.05) is 11.6 Å². The fraction of sp³-hybridized carbons (Fsp3) is 0.100. The Balaban J connectivity index is 2.26. The van der Waals surface area contributed by atoms with Gasteiger partial charge in [0.05, 0.1) is 4.92 Å². The molecule has 1 heterocycles. The molecule has 104 valence electrons. The van der Waals surface area contributed by atoms with E-state index in [9.17, 15) is 14.9 Å².